The van der Waals surface area contributed by atoms with Crippen LogP contribution >= 0.6 is 0 Å². The molecule has 3 aromatic rings. The van der Waals surface area contributed by atoms with Gasteiger partial charge in [0.15, 0.2) is 0 Å². The number of hydrogen-bond donors (Lipinski definition) is 2. The van der Waals surface area contributed by atoms with Crippen LogP contribution in [0.1, 0.15) is 12.8 Å². The number of nitrogens with zero attached hydrogens (tertiary/aromatic N) is 2. The Morgan fingerprint density at radius 1 is 1.24 bits per heavy atom. The maximum absolute atomic E-state index is 12.7. The summed E-state index contributed by atoms with van der Waals surface area (Å²) in [5, 5.41) is 6.29. The van der Waals surface area contributed by atoms with Gasteiger partial charge in [0.2, 0.25) is 0 Å². The number of rotatable bonds is 5. The molecule has 1 aliphatic rings. The number of fused-ring (bicyclic) bond motifs is 1. The monoisotopic (exact) mass is 394 g/mol. The zero-order valence-corrected chi connectivity index (χ0v) is 16.1. The third-order valence-corrected chi connectivity index (χ3v) is 4.85. The number of ether oxygens (including phenoxy) is 2. The van der Waals surface area contributed by atoms with Crippen molar-refractivity contribution in [1.29, 1.82) is 0 Å². The molecule has 29 heavy (non-hydrogen) atoms. The van der Waals surface area contributed by atoms with Crippen molar-refractivity contribution >= 4 is 28.4 Å². The molecule has 0 radical (unpaired) electrons. The molecule has 0 saturated carbocycles. The van der Waals surface area contributed by atoms with E-state index >= 15 is 0 Å². The molecule has 150 valence electrons. The minimum atomic E-state index is -0.463. The lowest BCUT2D eigenvalue weighted by Gasteiger charge is -2.18. The van der Waals surface area contributed by atoms with Crippen LogP contribution in [0.2, 0.25) is 0 Å². The van der Waals surface area contributed by atoms with Crippen LogP contribution in [0.3, 0.4) is 0 Å². The quantitative estimate of drug-likeness (QED) is 0.693. The summed E-state index contributed by atoms with van der Waals surface area (Å²) in [6.07, 6.45) is 1.76. The van der Waals surface area contributed by atoms with Crippen LogP contribution in [0.25, 0.3) is 10.9 Å². The standard InChI is InChI=1S/C21H22N4O4/c1-28-15-7-4-6-14(12-15)22-20(26)24-19-17-9-2-3-10-18(17)23-21(27)25(19)13-16-8-5-11-29-16/h2-4,6-7,9-10,12,16H,5,8,11,13H2,1H3,(H2,22,24,26)/t16-/m1/s1. The third-order valence-electron chi connectivity index (χ3n) is 4.85. The average Bonchev–Trinajstić information content (AvgIpc) is 3.24. The summed E-state index contributed by atoms with van der Waals surface area (Å²) in [6.45, 7) is 1.02. The summed E-state index contributed by atoms with van der Waals surface area (Å²) in [6, 6.07) is 13.8. The van der Waals surface area contributed by atoms with Crippen LogP contribution in [-0.2, 0) is 11.3 Å². The maximum Gasteiger partial charge on any atom is 0.349 e. The number of hydrogen-bond acceptors (Lipinski definition) is 5. The van der Waals surface area contributed by atoms with E-state index in [0.29, 0.717) is 41.3 Å². The molecule has 2 amide bonds. The third kappa shape index (κ3) is 4.22. The van der Waals surface area contributed by atoms with Crippen LogP contribution in [0.15, 0.2) is 53.3 Å². The highest BCUT2D eigenvalue weighted by Gasteiger charge is 2.21. The van der Waals surface area contributed by atoms with Gasteiger partial charge in [0.25, 0.3) is 0 Å². The van der Waals surface area contributed by atoms with Crippen LogP contribution in [0.5, 0.6) is 5.75 Å². The fourth-order valence-corrected chi connectivity index (χ4v) is 3.44. The fraction of sp³-hybridized carbons (Fsp3) is 0.286. The Balaban J connectivity index is 1.66. The molecule has 1 saturated heterocycles. The van der Waals surface area contributed by atoms with Gasteiger partial charge >= 0.3 is 11.7 Å². The smallest absolute Gasteiger partial charge is 0.349 e. The second-order valence-electron chi connectivity index (χ2n) is 6.82. The number of aromatic nitrogens is 2. The number of para-hydroxylation sites is 1. The van der Waals surface area contributed by atoms with Crippen LogP contribution < -0.4 is 21.1 Å². The minimum absolute atomic E-state index is 0.0716. The van der Waals surface area contributed by atoms with Crippen molar-refractivity contribution in [2.24, 2.45) is 0 Å². The highest BCUT2D eigenvalue weighted by molar-refractivity contribution is 6.04. The number of anilines is 2. The van der Waals surface area contributed by atoms with E-state index in [2.05, 4.69) is 15.6 Å². The largest absolute Gasteiger partial charge is 0.497 e. The van der Waals surface area contributed by atoms with Crippen molar-refractivity contribution in [1.82, 2.24) is 9.55 Å². The summed E-state index contributed by atoms with van der Waals surface area (Å²) in [5.74, 6) is 1.03. The van der Waals surface area contributed by atoms with Gasteiger partial charge in [-0.05, 0) is 37.1 Å². The number of urea groups is 1. The summed E-state index contributed by atoms with van der Waals surface area (Å²) in [4.78, 5) is 29.5. The van der Waals surface area contributed by atoms with Crippen molar-refractivity contribution in [2.45, 2.75) is 25.5 Å². The molecule has 4 rings (SSSR count). The molecule has 2 N–H and O–H groups in total. The zero-order valence-electron chi connectivity index (χ0n) is 16.1. The van der Waals surface area contributed by atoms with Crippen LogP contribution in [0.4, 0.5) is 16.3 Å². The highest BCUT2D eigenvalue weighted by atomic mass is 16.5. The van der Waals surface area contributed by atoms with Crippen molar-refractivity contribution in [3.8, 4) is 5.75 Å². The molecule has 8 nitrogen and oxygen atoms in total. The van der Waals surface area contributed by atoms with E-state index < -0.39 is 11.7 Å². The molecular formula is C21H22N4O4. The highest BCUT2D eigenvalue weighted by Crippen LogP contribution is 2.23. The van der Waals surface area contributed by atoms with E-state index in [1.54, 1.807) is 43.5 Å². The van der Waals surface area contributed by atoms with Gasteiger partial charge < -0.3 is 14.8 Å². The molecule has 0 unspecified atom stereocenters. The lowest BCUT2D eigenvalue weighted by molar-refractivity contribution is 0.0964. The summed E-state index contributed by atoms with van der Waals surface area (Å²) in [5.41, 5.74) is 0.682. The summed E-state index contributed by atoms with van der Waals surface area (Å²) >= 11 is 0. The predicted octanol–water partition coefficient (Wildman–Crippen LogP) is 3.23. The number of benzene rings is 2. The zero-order chi connectivity index (χ0) is 20.2. The van der Waals surface area contributed by atoms with Crippen LogP contribution in [-0.4, -0.2) is 35.4 Å². The Labute approximate surface area is 167 Å². The fourth-order valence-electron chi connectivity index (χ4n) is 3.44. The molecule has 0 bridgehead atoms. The molecule has 2 aromatic carbocycles. The van der Waals surface area contributed by atoms with Gasteiger partial charge in [0, 0.05) is 23.7 Å². The Hall–Kier alpha value is -3.39. The first kappa shape index (κ1) is 18.9. The van der Waals surface area contributed by atoms with Gasteiger partial charge in [-0.1, -0.05) is 18.2 Å². The number of nitrogens with one attached hydrogen (secondary N) is 2. The summed E-state index contributed by atoms with van der Waals surface area (Å²) < 4.78 is 12.3. The minimum Gasteiger partial charge on any atom is -0.497 e. The lowest BCUT2D eigenvalue weighted by atomic mass is 10.2. The van der Waals surface area contributed by atoms with Crippen molar-refractivity contribution in [3.63, 3.8) is 0 Å². The summed E-state index contributed by atoms with van der Waals surface area (Å²) in [7, 11) is 1.56. The van der Waals surface area contributed by atoms with E-state index in [4.69, 9.17) is 9.47 Å². The van der Waals surface area contributed by atoms with Crippen molar-refractivity contribution < 1.29 is 14.3 Å². The van der Waals surface area contributed by atoms with E-state index in [1.165, 1.54) is 4.57 Å². The lowest BCUT2D eigenvalue weighted by Crippen LogP contribution is -2.33. The maximum atomic E-state index is 12.7. The molecule has 1 fully saturated rings. The van der Waals surface area contributed by atoms with Gasteiger partial charge in [-0.15, -0.1) is 0 Å². The number of carbonyl (C=O) groups is 1. The number of methoxy groups -OCH3 is 1. The first-order chi connectivity index (χ1) is 14.1. The average molecular weight is 394 g/mol. The molecule has 0 spiro atoms. The van der Waals surface area contributed by atoms with Crippen molar-refractivity contribution in [2.75, 3.05) is 24.4 Å². The molecule has 1 aromatic heterocycles. The molecule has 0 aliphatic carbocycles. The first-order valence-corrected chi connectivity index (χ1v) is 9.47. The van der Waals surface area contributed by atoms with E-state index in [0.717, 1.165) is 12.8 Å². The van der Waals surface area contributed by atoms with Gasteiger partial charge in [0.1, 0.15) is 11.6 Å². The predicted molar refractivity (Wildman–Crippen MR) is 111 cm³/mol. The van der Waals surface area contributed by atoms with Gasteiger partial charge in [-0.3, -0.25) is 9.88 Å². The van der Waals surface area contributed by atoms with Crippen LogP contribution in [0, 0.1) is 0 Å². The van der Waals surface area contributed by atoms with E-state index in [1.807, 2.05) is 12.1 Å². The number of amides is 2. The molecule has 1 atom stereocenters. The van der Waals surface area contributed by atoms with Gasteiger partial charge in [-0.2, -0.15) is 4.98 Å². The SMILES string of the molecule is COc1cccc(NC(=O)Nc2c3ccccc3nc(=O)n2C[C@H]2CCCO2)c1. The molecule has 8 heteroatoms. The van der Waals surface area contributed by atoms with E-state index in [-0.39, 0.29) is 6.10 Å². The molecular weight excluding hydrogens is 372 g/mol. The number of carbonyl (C=O) groups excluding carboxylic acids is 1. The van der Waals surface area contributed by atoms with E-state index in [9.17, 15) is 9.59 Å². The van der Waals surface area contributed by atoms with Crippen molar-refractivity contribution in [3.05, 3.63) is 59.0 Å². The second kappa shape index (κ2) is 8.32. The van der Waals surface area contributed by atoms with Gasteiger partial charge in [0.05, 0.1) is 25.3 Å². The first-order valence-electron chi connectivity index (χ1n) is 9.47. The Morgan fingerprint density at radius 2 is 2.10 bits per heavy atom. The second-order valence-corrected chi connectivity index (χ2v) is 6.82. The Bertz CT molecular complexity index is 1090. The Kier molecular flexibility index (Phi) is 5.44. The molecule has 2 heterocycles. The topological polar surface area (TPSA) is 94.5 Å². The Morgan fingerprint density at radius 3 is 2.90 bits per heavy atom. The molecule has 1 aliphatic heterocycles. The van der Waals surface area contributed by atoms with Gasteiger partial charge in [-0.25, -0.2) is 9.59 Å². The normalized spacial score (nSPS) is 16.0.